The lowest BCUT2D eigenvalue weighted by Gasteiger charge is -2.26. The molecule has 0 unspecified atom stereocenters. The molecule has 5 nitrogen and oxygen atoms in total. The number of nitrogens with one attached hydrogen (secondary N) is 1. The van der Waals surface area contributed by atoms with Gasteiger partial charge in [-0.2, -0.15) is 0 Å². The van der Waals surface area contributed by atoms with Crippen LogP contribution in [-0.2, 0) is 4.74 Å². The molecule has 0 aliphatic heterocycles. The van der Waals surface area contributed by atoms with E-state index in [1.807, 2.05) is 59.7 Å². The standard InChI is InChI=1S/C18H28N2O3/c1-7-20(17(22)23-18(4,5)6)12-11-19-16(21)15-10-8-9-13(2)14(15)3/h8-10H,7,11-12H2,1-6H3,(H,19,21). The second-order valence-electron chi connectivity index (χ2n) is 6.56. The van der Waals surface area contributed by atoms with Crippen molar-refractivity contribution in [2.75, 3.05) is 19.6 Å². The number of carbonyl (C=O) groups is 2. The highest BCUT2D eigenvalue weighted by Gasteiger charge is 2.21. The van der Waals surface area contributed by atoms with Crippen LogP contribution in [0.5, 0.6) is 0 Å². The second kappa shape index (κ2) is 7.99. The fourth-order valence-corrected chi connectivity index (χ4v) is 2.10. The number of rotatable bonds is 5. The first kappa shape index (κ1) is 19.0. The molecule has 0 radical (unpaired) electrons. The Morgan fingerprint density at radius 1 is 1.22 bits per heavy atom. The summed E-state index contributed by atoms with van der Waals surface area (Å²) in [5.74, 6) is -0.119. The number of hydrogen-bond donors (Lipinski definition) is 1. The lowest BCUT2D eigenvalue weighted by Crippen LogP contribution is -2.41. The fourth-order valence-electron chi connectivity index (χ4n) is 2.10. The molecule has 0 atom stereocenters. The van der Waals surface area contributed by atoms with Crippen molar-refractivity contribution in [1.29, 1.82) is 0 Å². The predicted molar refractivity (Wildman–Crippen MR) is 91.7 cm³/mol. The Kier molecular flexibility index (Phi) is 6.61. The van der Waals surface area contributed by atoms with Crippen LogP contribution in [0, 0.1) is 13.8 Å². The van der Waals surface area contributed by atoms with Gasteiger partial charge in [-0.1, -0.05) is 12.1 Å². The Morgan fingerprint density at radius 2 is 1.87 bits per heavy atom. The van der Waals surface area contributed by atoms with Gasteiger partial charge in [0.2, 0.25) is 0 Å². The van der Waals surface area contributed by atoms with E-state index in [2.05, 4.69) is 5.32 Å². The molecule has 0 aromatic heterocycles. The Morgan fingerprint density at radius 3 is 2.43 bits per heavy atom. The quantitative estimate of drug-likeness (QED) is 0.905. The minimum atomic E-state index is -0.521. The molecular weight excluding hydrogens is 292 g/mol. The molecule has 128 valence electrons. The molecular formula is C18H28N2O3. The summed E-state index contributed by atoms with van der Waals surface area (Å²) in [6.45, 7) is 12.6. The molecule has 0 heterocycles. The summed E-state index contributed by atoms with van der Waals surface area (Å²) in [5.41, 5.74) is 2.21. The van der Waals surface area contributed by atoms with E-state index >= 15 is 0 Å². The van der Waals surface area contributed by atoms with Crippen LogP contribution in [0.3, 0.4) is 0 Å². The average Bonchev–Trinajstić information content (AvgIpc) is 2.44. The Balaban J connectivity index is 2.56. The van der Waals surface area contributed by atoms with Gasteiger partial charge in [-0.25, -0.2) is 4.79 Å². The van der Waals surface area contributed by atoms with Crippen molar-refractivity contribution in [3.05, 3.63) is 34.9 Å². The number of carbonyl (C=O) groups excluding carboxylic acids is 2. The molecule has 0 fully saturated rings. The summed E-state index contributed by atoms with van der Waals surface area (Å²) in [6.07, 6.45) is -0.360. The first-order valence-corrected chi connectivity index (χ1v) is 7.98. The number of benzene rings is 1. The zero-order valence-electron chi connectivity index (χ0n) is 15.0. The SMILES string of the molecule is CCN(CCNC(=O)c1cccc(C)c1C)C(=O)OC(C)(C)C. The topological polar surface area (TPSA) is 58.6 Å². The van der Waals surface area contributed by atoms with Gasteiger partial charge in [0, 0.05) is 25.2 Å². The van der Waals surface area contributed by atoms with Gasteiger partial charge in [0.05, 0.1) is 0 Å². The van der Waals surface area contributed by atoms with Gasteiger partial charge < -0.3 is 15.0 Å². The Labute approximate surface area is 139 Å². The van der Waals surface area contributed by atoms with Crippen molar-refractivity contribution < 1.29 is 14.3 Å². The Hall–Kier alpha value is -2.04. The maximum absolute atomic E-state index is 12.2. The predicted octanol–water partition coefficient (Wildman–Crippen LogP) is 3.29. The monoisotopic (exact) mass is 320 g/mol. The molecule has 5 heteroatoms. The van der Waals surface area contributed by atoms with Crippen LogP contribution in [-0.4, -0.2) is 42.1 Å². The van der Waals surface area contributed by atoms with E-state index in [1.54, 1.807) is 4.90 Å². The van der Waals surface area contributed by atoms with Crippen LogP contribution in [0.15, 0.2) is 18.2 Å². The molecule has 0 aliphatic rings. The van der Waals surface area contributed by atoms with E-state index in [0.29, 0.717) is 25.2 Å². The van der Waals surface area contributed by atoms with Crippen molar-refractivity contribution in [3.63, 3.8) is 0 Å². The van der Waals surface area contributed by atoms with Crippen LogP contribution < -0.4 is 5.32 Å². The van der Waals surface area contributed by atoms with E-state index in [4.69, 9.17) is 4.74 Å². The van der Waals surface area contributed by atoms with Gasteiger partial charge in [-0.15, -0.1) is 0 Å². The third kappa shape index (κ3) is 5.93. The maximum atomic E-state index is 12.2. The molecule has 0 bridgehead atoms. The van der Waals surface area contributed by atoms with Crippen molar-refractivity contribution in [2.24, 2.45) is 0 Å². The minimum Gasteiger partial charge on any atom is -0.444 e. The van der Waals surface area contributed by atoms with Crippen LogP contribution in [0.1, 0.15) is 49.2 Å². The molecule has 0 saturated carbocycles. The molecule has 2 amide bonds. The van der Waals surface area contributed by atoms with Gasteiger partial charge in [0.15, 0.2) is 0 Å². The van der Waals surface area contributed by atoms with Gasteiger partial charge in [0.25, 0.3) is 5.91 Å². The van der Waals surface area contributed by atoms with Crippen molar-refractivity contribution in [2.45, 2.75) is 47.1 Å². The largest absolute Gasteiger partial charge is 0.444 e. The highest BCUT2D eigenvalue weighted by Crippen LogP contribution is 2.12. The third-order valence-electron chi connectivity index (χ3n) is 3.55. The number of hydrogen-bond acceptors (Lipinski definition) is 3. The third-order valence-corrected chi connectivity index (χ3v) is 3.55. The second-order valence-corrected chi connectivity index (χ2v) is 6.56. The average molecular weight is 320 g/mol. The summed E-state index contributed by atoms with van der Waals surface area (Å²) < 4.78 is 5.34. The van der Waals surface area contributed by atoms with E-state index in [0.717, 1.165) is 11.1 Å². The number of ether oxygens (including phenoxy) is 1. The molecule has 1 aromatic rings. The molecule has 23 heavy (non-hydrogen) atoms. The highest BCUT2D eigenvalue weighted by atomic mass is 16.6. The Bertz CT molecular complexity index is 562. The van der Waals surface area contributed by atoms with Crippen LogP contribution >= 0.6 is 0 Å². The number of aryl methyl sites for hydroxylation is 1. The van der Waals surface area contributed by atoms with Crippen molar-refractivity contribution in [3.8, 4) is 0 Å². The van der Waals surface area contributed by atoms with Gasteiger partial charge in [-0.3, -0.25) is 4.79 Å². The van der Waals surface area contributed by atoms with Crippen LogP contribution in [0.4, 0.5) is 4.79 Å². The molecule has 1 N–H and O–H groups in total. The number of amides is 2. The molecule has 1 aromatic carbocycles. The van der Waals surface area contributed by atoms with E-state index in [9.17, 15) is 9.59 Å². The normalized spacial score (nSPS) is 11.0. The zero-order chi connectivity index (χ0) is 17.6. The molecule has 1 rings (SSSR count). The summed E-state index contributed by atoms with van der Waals surface area (Å²) >= 11 is 0. The summed E-state index contributed by atoms with van der Waals surface area (Å²) in [6, 6.07) is 5.66. The molecule has 0 aliphatic carbocycles. The maximum Gasteiger partial charge on any atom is 0.410 e. The smallest absolute Gasteiger partial charge is 0.410 e. The van der Waals surface area contributed by atoms with E-state index < -0.39 is 5.60 Å². The van der Waals surface area contributed by atoms with Crippen LogP contribution in [0.25, 0.3) is 0 Å². The van der Waals surface area contributed by atoms with Crippen LogP contribution in [0.2, 0.25) is 0 Å². The first-order chi connectivity index (χ1) is 10.7. The van der Waals surface area contributed by atoms with E-state index in [1.165, 1.54) is 0 Å². The number of likely N-dealkylation sites (N-methyl/N-ethyl adjacent to an activating group) is 1. The summed E-state index contributed by atoms with van der Waals surface area (Å²) in [4.78, 5) is 25.8. The molecule has 0 saturated heterocycles. The lowest BCUT2D eigenvalue weighted by atomic mass is 10.0. The van der Waals surface area contributed by atoms with Crippen molar-refractivity contribution >= 4 is 12.0 Å². The minimum absolute atomic E-state index is 0.119. The van der Waals surface area contributed by atoms with Gasteiger partial charge in [-0.05, 0) is 58.7 Å². The molecule has 0 spiro atoms. The van der Waals surface area contributed by atoms with E-state index in [-0.39, 0.29) is 12.0 Å². The highest BCUT2D eigenvalue weighted by molar-refractivity contribution is 5.95. The van der Waals surface area contributed by atoms with Gasteiger partial charge >= 0.3 is 6.09 Å². The lowest BCUT2D eigenvalue weighted by molar-refractivity contribution is 0.0261. The number of nitrogens with zero attached hydrogens (tertiary/aromatic N) is 1. The van der Waals surface area contributed by atoms with Gasteiger partial charge in [0.1, 0.15) is 5.60 Å². The van der Waals surface area contributed by atoms with Crippen molar-refractivity contribution in [1.82, 2.24) is 10.2 Å². The zero-order valence-corrected chi connectivity index (χ0v) is 15.0. The summed E-state index contributed by atoms with van der Waals surface area (Å²) in [7, 11) is 0. The fraction of sp³-hybridized carbons (Fsp3) is 0.556. The summed E-state index contributed by atoms with van der Waals surface area (Å²) in [5, 5.41) is 2.86. The first-order valence-electron chi connectivity index (χ1n) is 7.98.